The van der Waals surface area contributed by atoms with Gasteiger partial charge in [-0.1, -0.05) is 11.6 Å². The van der Waals surface area contributed by atoms with Gasteiger partial charge in [-0.15, -0.1) is 0 Å². The van der Waals surface area contributed by atoms with Crippen molar-refractivity contribution in [2.24, 2.45) is 0 Å². The Morgan fingerprint density at radius 3 is 2.93 bits per heavy atom. The fraction of sp³-hybridized carbons (Fsp3) is 0.400. The van der Waals surface area contributed by atoms with E-state index < -0.39 is 4.92 Å². The molecular formula is C10H11ClN2O2. The summed E-state index contributed by atoms with van der Waals surface area (Å²) in [6.07, 6.45) is 0.864. The van der Waals surface area contributed by atoms with Crippen molar-refractivity contribution >= 4 is 17.3 Å². The first-order valence-corrected chi connectivity index (χ1v) is 5.10. The molecular weight excluding hydrogens is 216 g/mol. The maximum Gasteiger partial charge on any atom is 0.271 e. The lowest BCUT2D eigenvalue weighted by atomic mass is 9.99. The molecule has 1 aromatic rings. The molecule has 0 radical (unpaired) electrons. The topological polar surface area (TPSA) is 46.4 Å². The highest BCUT2D eigenvalue weighted by atomic mass is 35.5. The second-order valence-corrected chi connectivity index (χ2v) is 4.22. The third-order valence-corrected chi connectivity index (χ3v) is 3.00. The van der Waals surface area contributed by atoms with Crippen LogP contribution in [-0.4, -0.2) is 23.4 Å². The molecule has 0 saturated heterocycles. The zero-order chi connectivity index (χ0) is 11.0. The lowest BCUT2D eigenvalue weighted by molar-refractivity contribution is -0.384. The maximum absolute atomic E-state index is 10.7. The van der Waals surface area contributed by atoms with Crippen molar-refractivity contribution in [3.63, 3.8) is 0 Å². The molecule has 0 bridgehead atoms. The van der Waals surface area contributed by atoms with E-state index in [1.807, 2.05) is 7.05 Å². The minimum Gasteiger partial charge on any atom is -0.302 e. The fourth-order valence-corrected chi connectivity index (χ4v) is 2.20. The minimum atomic E-state index is -0.402. The van der Waals surface area contributed by atoms with Crippen LogP contribution in [0.4, 0.5) is 5.69 Å². The second kappa shape index (κ2) is 3.79. The summed E-state index contributed by atoms with van der Waals surface area (Å²) in [5, 5.41) is 11.2. The first-order valence-electron chi connectivity index (χ1n) is 4.72. The molecule has 1 aliphatic heterocycles. The summed E-state index contributed by atoms with van der Waals surface area (Å²) in [5.74, 6) is 0. The maximum atomic E-state index is 10.7. The predicted molar refractivity (Wildman–Crippen MR) is 58.1 cm³/mol. The molecule has 15 heavy (non-hydrogen) atoms. The molecule has 0 unspecified atom stereocenters. The van der Waals surface area contributed by atoms with Crippen LogP contribution < -0.4 is 0 Å². The second-order valence-electron chi connectivity index (χ2n) is 3.81. The van der Waals surface area contributed by atoms with Crippen molar-refractivity contribution in [2.75, 3.05) is 13.6 Å². The van der Waals surface area contributed by atoms with Crippen molar-refractivity contribution in [1.82, 2.24) is 4.90 Å². The molecule has 4 nitrogen and oxygen atoms in total. The van der Waals surface area contributed by atoms with Crippen LogP contribution in [0.1, 0.15) is 11.1 Å². The summed E-state index contributed by atoms with van der Waals surface area (Å²) >= 11 is 6.02. The lowest BCUT2D eigenvalue weighted by Crippen LogP contribution is -2.26. The Balaban J connectivity index is 2.48. The highest BCUT2D eigenvalue weighted by Gasteiger charge is 2.20. The number of fused-ring (bicyclic) bond motifs is 1. The van der Waals surface area contributed by atoms with Crippen molar-refractivity contribution in [1.29, 1.82) is 0 Å². The van der Waals surface area contributed by atoms with E-state index in [1.165, 1.54) is 6.07 Å². The van der Waals surface area contributed by atoms with E-state index in [1.54, 1.807) is 6.07 Å². The van der Waals surface area contributed by atoms with Gasteiger partial charge in [0.2, 0.25) is 0 Å². The lowest BCUT2D eigenvalue weighted by Gasteiger charge is -2.25. The van der Waals surface area contributed by atoms with Crippen molar-refractivity contribution < 1.29 is 4.92 Å². The van der Waals surface area contributed by atoms with Gasteiger partial charge in [0.25, 0.3) is 5.69 Å². The molecule has 0 N–H and O–H groups in total. The zero-order valence-electron chi connectivity index (χ0n) is 8.36. The summed E-state index contributed by atoms with van der Waals surface area (Å²) in [5.41, 5.74) is 2.11. The average molecular weight is 227 g/mol. The number of rotatable bonds is 1. The van der Waals surface area contributed by atoms with Gasteiger partial charge in [0, 0.05) is 25.2 Å². The summed E-state index contributed by atoms with van der Waals surface area (Å²) < 4.78 is 0. The van der Waals surface area contributed by atoms with Crippen LogP contribution in [0.15, 0.2) is 12.1 Å². The van der Waals surface area contributed by atoms with E-state index in [2.05, 4.69) is 4.90 Å². The van der Waals surface area contributed by atoms with E-state index in [-0.39, 0.29) is 5.69 Å². The number of non-ortho nitro benzene ring substituents is 1. The molecule has 0 fully saturated rings. The van der Waals surface area contributed by atoms with Crippen molar-refractivity contribution in [3.05, 3.63) is 38.4 Å². The molecule has 0 saturated carbocycles. The summed E-state index contributed by atoms with van der Waals surface area (Å²) in [7, 11) is 2.00. The Morgan fingerprint density at radius 2 is 2.27 bits per heavy atom. The van der Waals surface area contributed by atoms with Crippen LogP contribution in [0.2, 0.25) is 5.02 Å². The third-order valence-electron chi connectivity index (χ3n) is 2.67. The van der Waals surface area contributed by atoms with Crippen LogP contribution in [0.5, 0.6) is 0 Å². The number of nitro benzene ring substituents is 1. The Morgan fingerprint density at radius 1 is 1.53 bits per heavy atom. The Bertz CT molecular complexity index is 420. The third kappa shape index (κ3) is 1.96. The quantitative estimate of drug-likeness (QED) is 0.545. The minimum absolute atomic E-state index is 0.0778. The number of hydrogen-bond acceptors (Lipinski definition) is 3. The predicted octanol–water partition coefficient (Wildman–Crippen LogP) is 2.24. The number of halogens is 1. The van der Waals surface area contributed by atoms with Crippen LogP contribution in [0, 0.1) is 10.1 Å². The number of nitro groups is 1. The van der Waals surface area contributed by atoms with Crippen LogP contribution >= 0.6 is 11.6 Å². The molecule has 0 spiro atoms. The van der Waals surface area contributed by atoms with Gasteiger partial charge in [-0.3, -0.25) is 10.1 Å². The zero-order valence-corrected chi connectivity index (χ0v) is 9.12. The molecule has 2 rings (SSSR count). The molecule has 5 heteroatoms. The first-order chi connectivity index (χ1) is 7.08. The van der Waals surface area contributed by atoms with E-state index in [0.717, 1.165) is 30.6 Å². The summed E-state index contributed by atoms with van der Waals surface area (Å²) in [6.45, 7) is 1.68. The van der Waals surface area contributed by atoms with E-state index in [4.69, 9.17) is 11.6 Å². The van der Waals surface area contributed by atoms with Gasteiger partial charge >= 0.3 is 0 Å². The largest absolute Gasteiger partial charge is 0.302 e. The van der Waals surface area contributed by atoms with Gasteiger partial charge in [-0.05, 0) is 24.6 Å². The van der Waals surface area contributed by atoms with Gasteiger partial charge in [-0.2, -0.15) is 0 Å². The average Bonchev–Trinajstić information content (AvgIpc) is 2.16. The number of likely N-dealkylation sites (N-methyl/N-ethyl adjacent to an activating group) is 1. The Kier molecular flexibility index (Phi) is 2.63. The van der Waals surface area contributed by atoms with E-state index in [9.17, 15) is 10.1 Å². The number of nitrogens with zero attached hydrogens (tertiary/aromatic N) is 2. The first kappa shape index (κ1) is 10.4. The molecule has 1 heterocycles. The molecule has 0 atom stereocenters. The number of benzene rings is 1. The van der Waals surface area contributed by atoms with E-state index in [0.29, 0.717) is 5.02 Å². The van der Waals surface area contributed by atoms with Gasteiger partial charge in [0.05, 0.1) is 9.95 Å². The van der Waals surface area contributed by atoms with Crippen molar-refractivity contribution in [3.8, 4) is 0 Å². The molecule has 1 aromatic carbocycles. The van der Waals surface area contributed by atoms with Gasteiger partial charge in [-0.25, -0.2) is 0 Å². The Labute approximate surface area is 92.6 Å². The molecule has 1 aliphatic rings. The fourth-order valence-electron chi connectivity index (χ4n) is 1.88. The van der Waals surface area contributed by atoms with Gasteiger partial charge in [0.1, 0.15) is 0 Å². The van der Waals surface area contributed by atoms with Gasteiger partial charge in [0.15, 0.2) is 0 Å². The highest BCUT2D eigenvalue weighted by Crippen LogP contribution is 2.30. The molecule has 0 amide bonds. The van der Waals surface area contributed by atoms with Crippen LogP contribution in [-0.2, 0) is 13.0 Å². The van der Waals surface area contributed by atoms with Crippen LogP contribution in [0.25, 0.3) is 0 Å². The van der Waals surface area contributed by atoms with Crippen molar-refractivity contribution in [2.45, 2.75) is 13.0 Å². The van der Waals surface area contributed by atoms with Crippen LogP contribution in [0.3, 0.4) is 0 Å². The smallest absolute Gasteiger partial charge is 0.271 e. The normalized spacial score (nSPS) is 16.1. The number of hydrogen-bond donors (Lipinski definition) is 0. The highest BCUT2D eigenvalue weighted by molar-refractivity contribution is 6.31. The molecule has 0 aromatic heterocycles. The summed E-state index contributed by atoms with van der Waals surface area (Å²) in [6, 6.07) is 3.06. The molecule has 80 valence electrons. The molecule has 0 aliphatic carbocycles. The van der Waals surface area contributed by atoms with E-state index >= 15 is 0 Å². The SMILES string of the molecule is CN1CCc2c(Cl)cc([N+](=O)[O-])cc2C1. The summed E-state index contributed by atoms with van der Waals surface area (Å²) in [4.78, 5) is 12.4. The Hall–Kier alpha value is -1.13. The standard InChI is InChI=1S/C10H11ClN2O2/c1-12-3-2-9-7(6-12)4-8(13(14)15)5-10(9)11/h4-5H,2-3,6H2,1H3. The monoisotopic (exact) mass is 226 g/mol. The van der Waals surface area contributed by atoms with Gasteiger partial charge < -0.3 is 4.90 Å².